The molecular formula is C11H15BrN2O. The summed E-state index contributed by atoms with van der Waals surface area (Å²) in [4.78, 5) is 11.9. The predicted molar refractivity (Wildman–Crippen MR) is 64.1 cm³/mol. The van der Waals surface area contributed by atoms with Crippen LogP contribution in [0.15, 0.2) is 28.7 Å². The molecule has 0 spiro atoms. The van der Waals surface area contributed by atoms with Crippen LogP contribution in [0.4, 0.5) is 0 Å². The normalized spacial score (nSPS) is 11.3. The highest BCUT2D eigenvalue weighted by Crippen LogP contribution is 2.30. The van der Waals surface area contributed by atoms with E-state index >= 15 is 0 Å². The number of nitrogens with zero attached hydrogens (tertiary/aromatic N) is 1. The maximum atomic E-state index is 11.9. The molecule has 0 unspecified atom stereocenters. The molecule has 0 saturated carbocycles. The number of rotatable bonds is 2. The molecule has 1 aromatic rings. The summed E-state index contributed by atoms with van der Waals surface area (Å²) >= 11 is 3.44. The first-order chi connectivity index (χ1) is 6.87. The molecule has 15 heavy (non-hydrogen) atoms. The molecule has 0 aliphatic carbocycles. The molecule has 1 amide bonds. The van der Waals surface area contributed by atoms with E-state index in [4.69, 9.17) is 5.84 Å². The lowest BCUT2D eigenvalue weighted by Gasteiger charge is -2.27. The summed E-state index contributed by atoms with van der Waals surface area (Å²) in [6.07, 6.45) is 0. The molecule has 0 aromatic heterocycles. The third kappa shape index (κ3) is 2.38. The third-order valence-electron chi connectivity index (χ3n) is 2.40. The average molecular weight is 271 g/mol. The Balaban J connectivity index is 3.17. The van der Waals surface area contributed by atoms with Crippen molar-refractivity contribution in [3.8, 4) is 0 Å². The summed E-state index contributed by atoms with van der Waals surface area (Å²) in [6.45, 7) is 3.72. The zero-order valence-electron chi connectivity index (χ0n) is 9.12. The highest BCUT2D eigenvalue weighted by molar-refractivity contribution is 9.10. The van der Waals surface area contributed by atoms with Gasteiger partial charge in [0.25, 0.3) is 0 Å². The molecule has 4 heteroatoms. The van der Waals surface area contributed by atoms with Crippen LogP contribution < -0.4 is 5.84 Å². The number of likely N-dealkylation sites (N-methyl/N-ethyl adjacent to an activating group) is 1. The van der Waals surface area contributed by atoms with Crippen LogP contribution in [-0.2, 0) is 10.2 Å². The second kappa shape index (κ2) is 4.33. The van der Waals surface area contributed by atoms with Crippen molar-refractivity contribution in [3.63, 3.8) is 0 Å². The van der Waals surface area contributed by atoms with Crippen LogP contribution in [-0.4, -0.2) is 18.0 Å². The number of carbonyl (C=O) groups excluding carboxylic acids is 1. The fraction of sp³-hybridized carbons (Fsp3) is 0.364. The van der Waals surface area contributed by atoms with Crippen LogP contribution in [0.5, 0.6) is 0 Å². The number of hydrogen-bond donors (Lipinski definition) is 1. The van der Waals surface area contributed by atoms with Gasteiger partial charge in [-0.05, 0) is 25.5 Å². The molecule has 0 bridgehead atoms. The smallest absolute Gasteiger partial charge is 0.246 e. The summed E-state index contributed by atoms with van der Waals surface area (Å²) in [7, 11) is 1.56. The summed E-state index contributed by atoms with van der Waals surface area (Å²) in [5, 5.41) is 1.12. The second-order valence-electron chi connectivity index (χ2n) is 4.02. The molecule has 0 aliphatic rings. The molecule has 0 saturated heterocycles. The molecule has 82 valence electrons. The summed E-state index contributed by atoms with van der Waals surface area (Å²) in [5.74, 6) is 5.36. The Labute approximate surface area is 98.4 Å². The van der Waals surface area contributed by atoms with Crippen LogP contribution in [0.1, 0.15) is 19.4 Å². The van der Waals surface area contributed by atoms with E-state index in [0.717, 1.165) is 15.0 Å². The molecule has 1 rings (SSSR count). The first-order valence-corrected chi connectivity index (χ1v) is 5.44. The Morgan fingerprint density at radius 2 is 1.93 bits per heavy atom. The van der Waals surface area contributed by atoms with Gasteiger partial charge in [-0.1, -0.05) is 34.1 Å². The van der Waals surface area contributed by atoms with E-state index in [2.05, 4.69) is 15.9 Å². The molecular weight excluding hydrogens is 256 g/mol. The first kappa shape index (κ1) is 12.2. The van der Waals surface area contributed by atoms with Gasteiger partial charge in [-0.3, -0.25) is 9.80 Å². The van der Waals surface area contributed by atoms with Crippen LogP contribution >= 0.6 is 15.9 Å². The highest BCUT2D eigenvalue weighted by atomic mass is 79.9. The van der Waals surface area contributed by atoms with Crippen LogP contribution in [0.25, 0.3) is 0 Å². The van der Waals surface area contributed by atoms with E-state index in [1.807, 2.05) is 38.1 Å². The topological polar surface area (TPSA) is 46.3 Å². The summed E-state index contributed by atoms with van der Waals surface area (Å²) in [5.41, 5.74) is 0.316. The maximum Gasteiger partial charge on any atom is 0.246 e. The van der Waals surface area contributed by atoms with Gasteiger partial charge >= 0.3 is 0 Å². The van der Waals surface area contributed by atoms with Crippen molar-refractivity contribution in [2.24, 2.45) is 5.84 Å². The van der Waals surface area contributed by atoms with Crippen molar-refractivity contribution >= 4 is 21.8 Å². The van der Waals surface area contributed by atoms with Crippen LogP contribution in [0.2, 0.25) is 0 Å². The predicted octanol–water partition coefficient (Wildman–Crippen LogP) is 2.06. The lowest BCUT2D eigenvalue weighted by Crippen LogP contribution is -2.45. The van der Waals surface area contributed by atoms with Crippen molar-refractivity contribution in [2.75, 3.05) is 7.05 Å². The number of amides is 1. The van der Waals surface area contributed by atoms with Crippen molar-refractivity contribution in [1.29, 1.82) is 0 Å². The molecule has 0 fully saturated rings. The second-order valence-corrected chi connectivity index (χ2v) is 4.88. The SMILES string of the molecule is CN(N)C(=O)C(C)(C)c1ccccc1Br. The van der Waals surface area contributed by atoms with Gasteiger partial charge in [0.1, 0.15) is 0 Å². The molecule has 3 nitrogen and oxygen atoms in total. The Hall–Kier alpha value is -0.870. The molecule has 0 atom stereocenters. The van der Waals surface area contributed by atoms with Gasteiger partial charge in [-0.15, -0.1) is 0 Å². The van der Waals surface area contributed by atoms with Crippen molar-refractivity contribution < 1.29 is 4.79 Å². The zero-order valence-corrected chi connectivity index (χ0v) is 10.7. The van der Waals surface area contributed by atoms with Gasteiger partial charge in [-0.2, -0.15) is 0 Å². The summed E-state index contributed by atoms with van der Waals surface area (Å²) in [6, 6.07) is 7.66. The number of carbonyl (C=O) groups is 1. The highest BCUT2D eigenvalue weighted by Gasteiger charge is 2.32. The van der Waals surface area contributed by atoms with Gasteiger partial charge in [0.15, 0.2) is 0 Å². The lowest BCUT2D eigenvalue weighted by molar-refractivity contribution is -0.135. The third-order valence-corrected chi connectivity index (χ3v) is 3.09. The Morgan fingerprint density at radius 1 is 1.40 bits per heavy atom. The molecule has 0 heterocycles. The van der Waals surface area contributed by atoms with E-state index in [1.165, 1.54) is 0 Å². The minimum Gasteiger partial charge on any atom is -0.283 e. The number of hydrogen-bond acceptors (Lipinski definition) is 2. The van der Waals surface area contributed by atoms with E-state index in [0.29, 0.717) is 0 Å². The molecule has 2 N–H and O–H groups in total. The Kier molecular flexibility index (Phi) is 3.52. The fourth-order valence-corrected chi connectivity index (χ4v) is 2.30. The van der Waals surface area contributed by atoms with Gasteiger partial charge in [0, 0.05) is 11.5 Å². The minimum absolute atomic E-state index is 0.116. The van der Waals surface area contributed by atoms with Crippen LogP contribution in [0.3, 0.4) is 0 Å². The number of halogens is 1. The quantitative estimate of drug-likeness (QED) is 0.508. The first-order valence-electron chi connectivity index (χ1n) is 4.65. The monoisotopic (exact) mass is 270 g/mol. The number of hydrazine groups is 1. The van der Waals surface area contributed by atoms with Gasteiger partial charge in [0.05, 0.1) is 5.41 Å². The lowest BCUT2D eigenvalue weighted by atomic mass is 9.83. The Bertz CT molecular complexity index is 375. The minimum atomic E-state index is -0.621. The number of nitrogens with two attached hydrogens (primary N) is 1. The van der Waals surface area contributed by atoms with E-state index in [-0.39, 0.29) is 5.91 Å². The van der Waals surface area contributed by atoms with E-state index in [9.17, 15) is 4.79 Å². The van der Waals surface area contributed by atoms with E-state index in [1.54, 1.807) is 7.05 Å². The summed E-state index contributed by atoms with van der Waals surface area (Å²) < 4.78 is 0.921. The van der Waals surface area contributed by atoms with Crippen molar-refractivity contribution in [2.45, 2.75) is 19.3 Å². The zero-order chi connectivity index (χ0) is 11.6. The molecule has 0 radical (unpaired) electrons. The molecule has 1 aromatic carbocycles. The fourth-order valence-electron chi connectivity index (χ4n) is 1.52. The van der Waals surface area contributed by atoms with Crippen LogP contribution in [0, 0.1) is 0 Å². The average Bonchev–Trinajstić information content (AvgIpc) is 2.16. The number of benzene rings is 1. The van der Waals surface area contributed by atoms with Crippen molar-refractivity contribution in [1.82, 2.24) is 5.01 Å². The maximum absolute atomic E-state index is 11.9. The Morgan fingerprint density at radius 3 is 2.40 bits per heavy atom. The van der Waals surface area contributed by atoms with Gasteiger partial charge < -0.3 is 0 Å². The largest absolute Gasteiger partial charge is 0.283 e. The molecule has 0 aliphatic heterocycles. The standard InChI is InChI=1S/C11H15BrN2O/c1-11(2,10(15)14(3)13)8-6-4-5-7-9(8)12/h4-7H,13H2,1-3H3. The van der Waals surface area contributed by atoms with E-state index < -0.39 is 5.41 Å². The van der Waals surface area contributed by atoms with Gasteiger partial charge in [-0.25, -0.2) is 5.84 Å². The van der Waals surface area contributed by atoms with Gasteiger partial charge in [0.2, 0.25) is 5.91 Å². The van der Waals surface area contributed by atoms with Crippen molar-refractivity contribution in [3.05, 3.63) is 34.3 Å².